The van der Waals surface area contributed by atoms with Gasteiger partial charge in [0.05, 0.1) is 6.10 Å². The van der Waals surface area contributed by atoms with Crippen molar-refractivity contribution in [1.82, 2.24) is 0 Å². The molecule has 0 aromatic carbocycles. The summed E-state index contributed by atoms with van der Waals surface area (Å²) in [6.45, 7) is 11.8. The fourth-order valence-corrected chi connectivity index (χ4v) is 2.37. The van der Waals surface area contributed by atoms with Gasteiger partial charge in [-0.2, -0.15) is 0 Å². The molecule has 3 atom stereocenters. The summed E-state index contributed by atoms with van der Waals surface area (Å²) in [5.41, 5.74) is 0. The van der Waals surface area contributed by atoms with Crippen LogP contribution in [0.2, 0.25) is 0 Å². The Bertz CT molecular complexity index is 189. The molecule has 1 saturated carbocycles. The minimum atomic E-state index is 0.241. The second kappa shape index (κ2) is 6.29. The monoisotopic (exact) mass is 211 g/mol. The van der Waals surface area contributed by atoms with Gasteiger partial charge < -0.3 is 0 Å². The van der Waals surface area contributed by atoms with E-state index in [1.807, 2.05) is 0 Å². The summed E-state index contributed by atoms with van der Waals surface area (Å²) in [4.78, 5) is 10.4. The topological polar surface area (TPSA) is 18.5 Å². The molecule has 0 aromatic heterocycles. The maximum atomic E-state index is 5.44. The minimum absolute atomic E-state index is 0.241. The zero-order chi connectivity index (χ0) is 11.3. The van der Waals surface area contributed by atoms with Gasteiger partial charge in [0.1, 0.15) is 6.61 Å². The molecule has 0 amide bonds. The van der Waals surface area contributed by atoms with Crippen LogP contribution in [0, 0.1) is 24.4 Å². The summed E-state index contributed by atoms with van der Waals surface area (Å²) in [5.74, 6) is 2.03. The lowest BCUT2D eigenvalue weighted by molar-refractivity contribution is -0.316. The first-order chi connectivity index (χ1) is 7.15. The van der Waals surface area contributed by atoms with Gasteiger partial charge in [-0.25, -0.2) is 9.78 Å². The molecule has 1 radical (unpaired) electrons. The van der Waals surface area contributed by atoms with Crippen LogP contribution in [-0.4, -0.2) is 6.10 Å². The predicted molar refractivity (Wildman–Crippen MR) is 61.8 cm³/mol. The fraction of sp³-hybridized carbons (Fsp3) is 0.769. The number of rotatable bonds is 5. The Morgan fingerprint density at radius 1 is 1.33 bits per heavy atom. The van der Waals surface area contributed by atoms with E-state index in [4.69, 9.17) is 9.78 Å². The SMILES string of the molecule is C=C[CH]OOC1CC(C)CCC1C(C)C. The van der Waals surface area contributed by atoms with E-state index in [0.717, 1.165) is 12.3 Å². The highest BCUT2D eigenvalue weighted by Gasteiger charge is 2.32. The largest absolute Gasteiger partial charge is 0.232 e. The van der Waals surface area contributed by atoms with Crippen LogP contribution >= 0.6 is 0 Å². The van der Waals surface area contributed by atoms with E-state index in [2.05, 4.69) is 27.4 Å². The van der Waals surface area contributed by atoms with Crippen LogP contribution in [0.1, 0.15) is 40.0 Å². The molecule has 1 aliphatic rings. The van der Waals surface area contributed by atoms with Crippen molar-refractivity contribution in [2.75, 3.05) is 0 Å². The number of hydrogen-bond acceptors (Lipinski definition) is 2. The highest BCUT2D eigenvalue weighted by molar-refractivity contribution is 4.81. The van der Waals surface area contributed by atoms with Gasteiger partial charge in [-0.3, -0.25) is 0 Å². The average Bonchev–Trinajstić information content (AvgIpc) is 2.18. The molecule has 1 aliphatic carbocycles. The molecule has 2 heteroatoms. The van der Waals surface area contributed by atoms with E-state index < -0.39 is 0 Å². The Morgan fingerprint density at radius 2 is 2.07 bits per heavy atom. The van der Waals surface area contributed by atoms with Gasteiger partial charge in [0, 0.05) is 0 Å². The quantitative estimate of drug-likeness (QED) is 0.392. The van der Waals surface area contributed by atoms with E-state index in [1.54, 1.807) is 6.08 Å². The molecule has 0 aliphatic heterocycles. The molecule has 0 N–H and O–H groups in total. The molecule has 15 heavy (non-hydrogen) atoms. The Labute approximate surface area is 93.6 Å². The summed E-state index contributed by atoms with van der Waals surface area (Å²) in [7, 11) is 0. The van der Waals surface area contributed by atoms with E-state index in [0.29, 0.717) is 11.8 Å². The van der Waals surface area contributed by atoms with Crippen LogP contribution in [0.5, 0.6) is 0 Å². The van der Waals surface area contributed by atoms with Gasteiger partial charge >= 0.3 is 0 Å². The van der Waals surface area contributed by atoms with Gasteiger partial charge in [0.2, 0.25) is 0 Å². The van der Waals surface area contributed by atoms with E-state index in [1.165, 1.54) is 19.4 Å². The molecule has 1 fully saturated rings. The van der Waals surface area contributed by atoms with E-state index in [9.17, 15) is 0 Å². The highest BCUT2D eigenvalue weighted by atomic mass is 17.2. The van der Waals surface area contributed by atoms with Gasteiger partial charge in [-0.15, -0.1) is 6.58 Å². The third-order valence-electron chi connectivity index (χ3n) is 3.29. The lowest BCUT2D eigenvalue weighted by Gasteiger charge is -2.35. The first-order valence-electron chi connectivity index (χ1n) is 5.91. The smallest absolute Gasteiger partial charge is 0.144 e. The van der Waals surface area contributed by atoms with E-state index in [-0.39, 0.29) is 6.10 Å². The molecular formula is C13H23O2. The minimum Gasteiger partial charge on any atom is -0.232 e. The summed E-state index contributed by atoms with van der Waals surface area (Å²) >= 11 is 0. The highest BCUT2D eigenvalue weighted by Crippen LogP contribution is 2.35. The van der Waals surface area contributed by atoms with Crippen molar-refractivity contribution in [1.29, 1.82) is 0 Å². The molecule has 1 rings (SSSR count). The normalized spacial score (nSPS) is 31.9. The van der Waals surface area contributed by atoms with Crippen molar-refractivity contribution >= 4 is 0 Å². The molecule has 0 heterocycles. The van der Waals surface area contributed by atoms with Gasteiger partial charge in [-0.05, 0) is 30.6 Å². The molecule has 87 valence electrons. The van der Waals surface area contributed by atoms with Gasteiger partial charge in [0.25, 0.3) is 0 Å². The Kier molecular flexibility index (Phi) is 5.34. The third kappa shape index (κ3) is 3.96. The standard InChI is InChI=1S/C13H23O2/c1-5-8-14-15-13-9-11(4)6-7-12(13)10(2)3/h5,8,10-13H,1,6-7,9H2,2-4H3. The van der Waals surface area contributed by atoms with Crippen LogP contribution < -0.4 is 0 Å². The Morgan fingerprint density at radius 3 is 2.67 bits per heavy atom. The van der Waals surface area contributed by atoms with Crippen molar-refractivity contribution in [3.63, 3.8) is 0 Å². The van der Waals surface area contributed by atoms with Crippen LogP contribution in [0.15, 0.2) is 12.7 Å². The maximum Gasteiger partial charge on any atom is 0.144 e. The fourth-order valence-electron chi connectivity index (χ4n) is 2.37. The van der Waals surface area contributed by atoms with Gasteiger partial charge in [-0.1, -0.05) is 33.3 Å². The summed E-state index contributed by atoms with van der Waals surface area (Å²) in [6.07, 6.45) is 5.50. The van der Waals surface area contributed by atoms with Crippen molar-refractivity contribution in [3.05, 3.63) is 19.3 Å². The molecule has 0 spiro atoms. The zero-order valence-electron chi connectivity index (χ0n) is 10.1. The van der Waals surface area contributed by atoms with E-state index >= 15 is 0 Å². The average molecular weight is 211 g/mol. The summed E-state index contributed by atoms with van der Waals surface area (Å²) < 4.78 is 0. The van der Waals surface area contributed by atoms with Crippen LogP contribution in [0.3, 0.4) is 0 Å². The molecule has 0 saturated heterocycles. The lowest BCUT2D eigenvalue weighted by Crippen LogP contribution is -2.34. The molecule has 2 nitrogen and oxygen atoms in total. The Hall–Kier alpha value is -0.340. The molecule has 3 unspecified atom stereocenters. The van der Waals surface area contributed by atoms with Crippen molar-refractivity contribution in [3.8, 4) is 0 Å². The summed E-state index contributed by atoms with van der Waals surface area (Å²) in [6, 6.07) is 0. The van der Waals surface area contributed by atoms with Crippen LogP contribution in [0.25, 0.3) is 0 Å². The summed E-state index contributed by atoms with van der Waals surface area (Å²) in [5, 5.41) is 0. The predicted octanol–water partition coefficient (Wildman–Crippen LogP) is 3.74. The number of hydrogen-bond donors (Lipinski definition) is 0. The first kappa shape index (κ1) is 12.7. The van der Waals surface area contributed by atoms with Gasteiger partial charge in [0.15, 0.2) is 0 Å². The van der Waals surface area contributed by atoms with Crippen molar-refractivity contribution in [2.24, 2.45) is 17.8 Å². The molecule has 0 aromatic rings. The van der Waals surface area contributed by atoms with Crippen LogP contribution in [-0.2, 0) is 9.78 Å². The van der Waals surface area contributed by atoms with Crippen LogP contribution in [0.4, 0.5) is 0 Å². The third-order valence-corrected chi connectivity index (χ3v) is 3.29. The molecule has 0 bridgehead atoms. The maximum absolute atomic E-state index is 5.44. The first-order valence-corrected chi connectivity index (χ1v) is 5.91. The lowest BCUT2D eigenvalue weighted by atomic mass is 9.75. The van der Waals surface area contributed by atoms with Crippen molar-refractivity contribution < 1.29 is 9.78 Å². The zero-order valence-corrected chi connectivity index (χ0v) is 10.1. The Balaban J connectivity index is 2.42. The second-order valence-electron chi connectivity index (χ2n) is 4.93. The second-order valence-corrected chi connectivity index (χ2v) is 4.93. The van der Waals surface area contributed by atoms with Crippen molar-refractivity contribution in [2.45, 2.75) is 46.1 Å². The molecular weight excluding hydrogens is 188 g/mol.